The normalized spacial score (nSPS) is 19.6. The van der Waals surface area contributed by atoms with Gasteiger partial charge in [0.15, 0.2) is 0 Å². The highest BCUT2D eigenvalue weighted by Crippen LogP contribution is 2.24. The van der Waals surface area contributed by atoms with Crippen molar-refractivity contribution in [2.24, 2.45) is 0 Å². The number of aromatic nitrogens is 1. The number of likely N-dealkylation sites (N-methyl/N-ethyl adjacent to an activating group) is 1. The SMILES string of the molecule is CCN1CCCC1CNc1cc(C)nc2ccccc12. The second-order valence-corrected chi connectivity index (χ2v) is 5.63. The zero-order valence-electron chi connectivity index (χ0n) is 12.4. The lowest BCUT2D eigenvalue weighted by Crippen LogP contribution is -2.34. The van der Waals surface area contributed by atoms with Crippen LogP contribution in [0.4, 0.5) is 5.69 Å². The highest BCUT2D eigenvalue weighted by atomic mass is 15.2. The lowest BCUT2D eigenvalue weighted by molar-refractivity contribution is 0.277. The van der Waals surface area contributed by atoms with Crippen LogP contribution < -0.4 is 5.32 Å². The Morgan fingerprint density at radius 1 is 1.35 bits per heavy atom. The van der Waals surface area contributed by atoms with E-state index in [1.165, 1.54) is 30.5 Å². The summed E-state index contributed by atoms with van der Waals surface area (Å²) in [4.78, 5) is 7.17. The minimum Gasteiger partial charge on any atom is -0.383 e. The van der Waals surface area contributed by atoms with Crippen LogP contribution in [0.1, 0.15) is 25.5 Å². The summed E-state index contributed by atoms with van der Waals surface area (Å²) >= 11 is 0. The van der Waals surface area contributed by atoms with Gasteiger partial charge in [0.2, 0.25) is 0 Å². The van der Waals surface area contributed by atoms with Crippen molar-refractivity contribution in [2.45, 2.75) is 32.7 Å². The van der Waals surface area contributed by atoms with Crippen LogP contribution in [0.5, 0.6) is 0 Å². The fourth-order valence-electron chi connectivity index (χ4n) is 3.22. The summed E-state index contributed by atoms with van der Waals surface area (Å²) in [6.07, 6.45) is 2.64. The molecule has 3 heteroatoms. The summed E-state index contributed by atoms with van der Waals surface area (Å²) in [7, 11) is 0. The van der Waals surface area contributed by atoms with E-state index < -0.39 is 0 Å². The number of para-hydroxylation sites is 1. The van der Waals surface area contributed by atoms with Crippen molar-refractivity contribution in [2.75, 3.05) is 25.0 Å². The Kier molecular flexibility index (Phi) is 3.88. The fraction of sp³-hybridized carbons (Fsp3) is 0.471. The average Bonchev–Trinajstić information content (AvgIpc) is 2.92. The van der Waals surface area contributed by atoms with E-state index in [0.717, 1.165) is 24.3 Å². The first-order chi connectivity index (χ1) is 9.78. The van der Waals surface area contributed by atoms with Gasteiger partial charge in [0.05, 0.1) is 5.52 Å². The molecule has 0 aliphatic carbocycles. The molecule has 3 nitrogen and oxygen atoms in total. The number of pyridine rings is 1. The van der Waals surface area contributed by atoms with Crippen LogP contribution in [0, 0.1) is 6.92 Å². The topological polar surface area (TPSA) is 28.2 Å². The van der Waals surface area contributed by atoms with Gasteiger partial charge in [0.25, 0.3) is 0 Å². The van der Waals surface area contributed by atoms with Crippen LogP contribution in [0.15, 0.2) is 30.3 Å². The monoisotopic (exact) mass is 269 g/mol. The molecule has 20 heavy (non-hydrogen) atoms. The summed E-state index contributed by atoms with van der Waals surface area (Å²) in [6, 6.07) is 11.2. The van der Waals surface area contributed by atoms with Crippen molar-refractivity contribution in [1.29, 1.82) is 0 Å². The quantitative estimate of drug-likeness (QED) is 0.921. The predicted molar refractivity (Wildman–Crippen MR) is 85.2 cm³/mol. The van der Waals surface area contributed by atoms with E-state index in [9.17, 15) is 0 Å². The number of anilines is 1. The first-order valence-electron chi connectivity index (χ1n) is 7.62. The van der Waals surface area contributed by atoms with E-state index in [-0.39, 0.29) is 0 Å². The zero-order chi connectivity index (χ0) is 13.9. The molecule has 1 N–H and O–H groups in total. The van der Waals surface area contributed by atoms with Crippen molar-refractivity contribution in [3.8, 4) is 0 Å². The number of likely N-dealkylation sites (tertiary alicyclic amines) is 1. The number of hydrogen-bond donors (Lipinski definition) is 1. The van der Waals surface area contributed by atoms with Crippen molar-refractivity contribution < 1.29 is 0 Å². The van der Waals surface area contributed by atoms with Gasteiger partial charge in [0.1, 0.15) is 0 Å². The lowest BCUT2D eigenvalue weighted by Gasteiger charge is -2.23. The Bertz CT molecular complexity index is 594. The van der Waals surface area contributed by atoms with Gasteiger partial charge in [-0.3, -0.25) is 9.88 Å². The third-order valence-electron chi connectivity index (χ3n) is 4.28. The minimum absolute atomic E-state index is 0.673. The summed E-state index contributed by atoms with van der Waals surface area (Å²) < 4.78 is 0. The molecule has 1 atom stereocenters. The maximum absolute atomic E-state index is 4.60. The molecule has 1 fully saturated rings. The molecule has 1 aliphatic rings. The molecule has 2 heterocycles. The summed E-state index contributed by atoms with van der Waals surface area (Å²) in [6.45, 7) is 7.75. The predicted octanol–water partition coefficient (Wildman–Crippen LogP) is 3.44. The molecule has 0 spiro atoms. The minimum atomic E-state index is 0.673. The molecule has 1 aliphatic heterocycles. The molecular weight excluding hydrogens is 246 g/mol. The van der Waals surface area contributed by atoms with E-state index >= 15 is 0 Å². The van der Waals surface area contributed by atoms with Crippen LogP contribution in [0.2, 0.25) is 0 Å². The van der Waals surface area contributed by atoms with Crippen LogP contribution in [0.25, 0.3) is 10.9 Å². The number of aryl methyl sites for hydroxylation is 1. The maximum atomic E-state index is 4.60. The Labute approximate surface area is 121 Å². The van der Waals surface area contributed by atoms with Gasteiger partial charge in [-0.15, -0.1) is 0 Å². The van der Waals surface area contributed by atoms with E-state index in [4.69, 9.17) is 0 Å². The molecule has 0 bridgehead atoms. The number of benzene rings is 1. The van der Waals surface area contributed by atoms with Gasteiger partial charge in [-0.1, -0.05) is 25.1 Å². The fourth-order valence-corrected chi connectivity index (χ4v) is 3.22. The van der Waals surface area contributed by atoms with Crippen molar-refractivity contribution in [1.82, 2.24) is 9.88 Å². The van der Waals surface area contributed by atoms with Crippen molar-refractivity contribution >= 4 is 16.6 Å². The van der Waals surface area contributed by atoms with Crippen LogP contribution in [-0.4, -0.2) is 35.6 Å². The molecule has 1 aromatic carbocycles. The van der Waals surface area contributed by atoms with E-state index in [2.05, 4.69) is 53.3 Å². The van der Waals surface area contributed by atoms with Crippen molar-refractivity contribution in [3.05, 3.63) is 36.0 Å². The molecule has 106 valence electrons. The molecular formula is C17H23N3. The highest BCUT2D eigenvalue weighted by molar-refractivity contribution is 5.91. The van der Waals surface area contributed by atoms with Gasteiger partial charge in [-0.2, -0.15) is 0 Å². The Morgan fingerprint density at radius 2 is 2.20 bits per heavy atom. The van der Waals surface area contributed by atoms with Gasteiger partial charge < -0.3 is 5.32 Å². The van der Waals surface area contributed by atoms with E-state index in [1.807, 2.05) is 6.07 Å². The number of rotatable bonds is 4. The number of hydrogen-bond acceptors (Lipinski definition) is 3. The van der Waals surface area contributed by atoms with Gasteiger partial charge >= 0.3 is 0 Å². The molecule has 1 aromatic heterocycles. The highest BCUT2D eigenvalue weighted by Gasteiger charge is 2.22. The second kappa shape index (κ2) is 5.80. The first-order valence-corrected chi connectivity index (χ1v) is 7.62. The third kappa shape index (κ3) is 2.63. The molecule has 0 amide bonds. The maximum Gasteiger partial charge on any atom is 0.0725 e. The van der Waals surface area contributed by atoms with Crippen molar-refractivity contribution in [3.63, 3.8) is 0 Å². The van der Waals surface area contributed by atoms with E-state index in [1.54, 1.807) is 0 Å². The first kappa shape index (κ1) is 13.4. The molecule has 1 unspecified atom stereocenters. The zero-order valence-corrected chi connectivity index (χ0v) is 12.4. The van der Waals surface area contributed by atoms with Crippen LogP contribution in [0.3, 0.4) is 0 Å². The second-order valence-electron chi connectivity index (χ2n) is 5.63. The number of fused-ring (bicyclic) bond motifs is 1. The van der Waals surface area contributed by atoms with Gasteiger partial charge in [0, 0.05) is 29.4 Å². The Balaban J connectivity index is 1.80. The molecule has 2 aromatic rings. The van der Waals surface area contributed by atoms with Crippen LogP contribution in [-0.2, 0) is 0 Å². The number of nitrogens with one attached hydrogen (secondary N) is 1. The third-order valence-corrected chi connectivity index (χ3v) is 4.28. The smallest absolute Gasteiger partial charge is 0.0725 e. The standard InChI is InChI=1S/C17H23N3/c1-3-20-10-6-7-14(20)12-18-17-11-13(2)19-16-9-5-4-8-15(16)17/h4-5,8-9,11,14H,3,6-7,10,12H2,1-2H3,(H,18,19). The Hall–Kier alpha value is -1.61. The largest absolute Gasteiger partial charge is 0.383 e. The van der Waals surface area contributed by atoms with Crippen LogP contribution >= 0.6 is 0 Å². The Morgan fingerprint density at radius 3 is 3.05 bits per heavy atom. The van der Waals surface area contributed by atoms with Gasteiger partial charge in [-0.25, -0.2) is 0 Å². The summed E-state index contributed by atoms with van der Waals surface area (Å²) in [5.41, 5.74) is 3.37. The molecule has 3 rings (SSSR count). The summed E-state index contributed by atoms with van der Waals surface area (Å²) in [5, 5.41) is 4.87. The molecule has 0 radical (unpaired) electrons. The van der Waals surface area contributed by atoms with Gasteiger partial charge in [-0.05, 0) is 45.0 Å². The van der Waals surface area contributed by atoms with E-state index in [0.29, 0.717) is 6.04 Å². The number of nitrogens with zero attached hydrogens (tertiary/aromatic N) is 2. The summed E-state index contributed by atoms with van der Waals surface area (Å²) in [5.74, 6) is 0. The average molecular weight is 269 g/mol. The lowest BCUT2D eigenvalue weighted by atomic mass is 10.1. The molecule has 1 saturated heterocycles. The molecule has 0 saturated carbocycles.